The third kappa shape index (κ3) is 4.81. The van der Waals surface area contributed by atoms with Crippen LogP contribution < -0.4 is 4.90 Å². The zero-order valence-corrected chi connectivity index (χ0v) is 16.1. The van der Waals surface area contributed by atoms with Gasteiger partial charge >= 0.3 is 0 Å². The number of piperidine rings is 2. The number of carbonyl (C=O) groups is 1. The number of quaternary nitrogens is 1. The lowest BCUT2D eigenvalue weighted by molar-refractivity contribution is -0.922. The van der Waals surface area contributed by atoms with Gasteiger partial charge in [0.15, 0.2) is 5.76 Å². The van der Waals surface area contributed by atoms with Crippen molar-refractivity contribution in [3.05, 3.63) is 60.1 Å². The van der Waals surface area contributed by atoms with Gasteiger partial charge in [-0.2, -0.15) is 0 Å². The van der Waals surface area contributed by atoms with E-state index in [4.69, 9.17) is 4.42 Å². The summed E-state index contributed by atoms with van der Waals surface area (Å²) in [6, 6.07) is 14.7. The van der Waals surface area contributed by atoms with Crippen LogP contribution in [0.15, 0.2) is 53.1 Å². The normalized spacial score (nSPS) is 24.1. The minimum absolute atomic E-state index is 0.189. The van der Waals surface area contributed by atoms with Crippen LogP contribution in [0.4, 0.5) is 0 Å². The summed E-state index contributed by atoms with van der Waals surface area (Å²) in [5, 5.41) is 0. The number of nitrogens with one attached hydrogen (secondary N) is 1. The number of hydrogen-bond donors (Lipinski definition) is 1. The molecule has 2 fully saturated rings. The predicted octanol–water partition coefficient (Wildman–Crippen LogP) is 2.56. The summed E-state index contributed by atoms with van der Waals surface area (Å²) in [4.78, 5) is 16.7. The maximum Gasteiger partial charge on any atom is 0.231 e. The third-order valence-corrected chi connectivity index (χ3v) is 6.26. The van der Waals surface area contributed by atoms with E-state index < -0.39 is 0 Å². The average molecular weight is 368 g/mol. The molecule has 0 radical (unpaired) electrons. The lowest BCUT2D eigenvalue weighted by Crippen LogP contribution is -3.12. The molecule has 2 aliphatic heterocycles. The maximum absolute atomic E-state index is 13.1. The SMILES string of the molecule is O=C(C1CCC[NH+](Cc2ccco2)C1)N1CCC(Cc2ccccc2)CC1. The zero-order valence-electron chi connectivity index (χ0n) is 16.1. The number of rotatable bonds is 5. The number of benzene rings is 1. The molecule has 2 aliphatic rings. The Bertz CT molecular complexity index is 705. The van der Waals surface area contributed by atoms with Crippen molar-refractivity contribution in [3.8, 4) is 0 Å². The topological polar surface area (TPSA) is 37.9 Å². The van der Waals surface area contributed by atoms with Crippen LogP contribution in [-0.2, 0) is 17.8 Å². The lowest BCUT2D eigenvalue weighted by atomic mass is 9.89. The fourth-order valence-electron chi connectivity index (χ4n) is 4.75. The van der Waals surface area contributed by atoms with Crippen molar-refractivity contribution in [2.24, 2.45) is 11.8 Å². The first-order valence-corrected chi connectivity index (χ1v) is 10.5. The molecule has 0 spiro atoms. The molecule has 3 heterocycles. The van der Waals surface area contributed by atoms with Crippen LogP contribution >= 0.6 is 0 Å². The van der Waals surface area contributed by atoms with Crippen molar-refractivity contribution in [1.29, 1.82) is 0 Å². The molecule has 2 unspecified atom stereocenters. The molecule has 2 aromatic rings. The van der Waals surface area contributed by atoms with E-state index in [2.05, 4.69) is 35.2 Å². The smallest absolute Gasteiger partial charge is 0.231 e. The van der Waals surface area contributed by atoms with Gasteiger partial charge in [0.1, 0.15) is 6.54 Å². The van der Waals surface area contributed by atoms with Crippen LogP contribution in [0.2, 0.25) is 0 Å². The van der Waals surface area contributed by atoms with Gasteiger partial charge in [-0.1, -0.05) is 30.3 Å². The maximum atomic E-state index is 13.1. The highest BCUT2D eigenvalue weighted by Crippen LogP contribution is 2.23. The summed E-state index contributed by atoms with van der Waals surface area (Å²) in [6.45, 7) is 4.85. The Morgan fingerprint density at radius 3 is 2.63 bits per heavy atom. The molecule has 4 rings (SSSR count). The molecule has 27 heavy (non-hydrogen) atoms. The Kier molecular flexibility index (Phi) is 5.93. The van der Waals surface area contributed by atoms with Crippen LogP contribution in [-0.4, -0.2) is 37.0 Å². The van der Waals surface area contributed by atoms with Crippen molar-refractivity contribution in [2.45, 2.75) is 38.6 Å². The number of furan rings is 1. The average Bonchev–Trinajstić information content (AvgIpc) is 3.22. The molecule has 0 aliphatic carbocycles. The zero-order chi connectivity index (χ0) is 18.5. The first kappa shape index (κ1) is 18.3. The number of likely N-dealkylation sites (tertiary alicyclic amines) is 2. The Hall–Kier alpha value is -2.07. The molecule has 4 heteroatoms. The van der Waals surface area contributed by atoms with E-state index in [1.165, 1.54) is 10.5 Å². The fraction of sp³-hybridized carbons (Fsp3) is 0.522. The highest BCUT2D eigenvalue weighted by molar-refractivity contribution is 5.79. The van der Waals surface area contributed by atoms with Crippen LogP contribution in [0.5, 0.6) is 0 Å². The van der Waals surface area contributed by atoms with Crippen molar-refractivity contribution >= 4 is 5.91 Å². The molecule has 144 valence electrons. The van der Waals surface area contributed by atoms with Crippen LogP contribution in [0, 0.1) is 11.8 Å². The predicted molar refractivity (Wildman–Crippen MR) is 105 cm³/mol. The molecule has 1 N–H and O–H groups in total. The molecule has 2 atom stereocenters. The fourth-order valence-corrected chi connectivity index (χ4v) is 4.75. The molecule has 0 saturated carbocycles. The van der Waals surface area contributed by atoms with E-state index in [1.54, 1.807) is 6.26 Å². The molecular weight excluding hydrogens is 336 g/mol. The van der Waals surface area contributed by atoms with Crippen LogP contribution in [0.3, 0.4) is 0 Å². The molecule has 1 amide bonds. The first-order valence-electron chi connectivity index (χ1n) is 10.5. The second kappa shape index (κ2) is 8.75. The summed E-state index contributed by atoms with van der Waals surface area (Å²) >= 11 is 0. The van der Waals surface area contributed by atoms with Crippen molar-refractivity contribution in [1.82, 2.24) is 4.90 Å². The van der Waals surface area contributed by atoms with Gasteiger partial charge in [-0.05, 0) is 55.7 Å². The minimum atomic E-state index is 0.189. The van der Waals surface area contributed by atoms with Crippen molar-refractivity contribution < 1.29 is 14.1 Å². The first-order chi connectivity index (χ1) is 13.3. The third-order valence-electron chi connectivity index (χ3n) is 6.26. The molecule has 1 aromatic carbocycles. The van der Waals surface area contributed by atoms with Gasteiger partial charge in [-0.3, -0.25) is 4.79 Å². The minimum Gasteiger partial charge on any atom is -0.463 e. The second-order valence-corrected chi connectivity index (χ2v) is 8.26. The lowest BCUT2D eigenvalue weighted by Gasteiger charge is -2.36. The summed E-state index contributed by atoms with van der Waals surface area (Å²) in [5.74, 6) is 2.32. The largest absolute Gasteiger partial charge is 0.463 e. The van der Waals surface area contributed by atoms with Gasteiger partial charge in [-0.25, -0.2) is 0 Å². The monoisotopic (exact) mass is 367 g/mol. The van der Waals surface area contributed by atoms with E-state index in [0.717, 1.165) is 70.6 Å². The molecular formula is C23H31N2O2+. The van der Waals surface area contributed by atoms with Gasteiger partial charge in [0.2, 0.25) is 5.91 Å². The Labute approximate surface area is 162 Å². The molecule has 0 bridgehead atoms. The van der Waals surface area contributed by atoms with Gasteiger partial charge < -0.3 is 14.2 Å². The summed E-state index contributed by atoms with van der Waals surface area (Å²) in [5.41, 5.74) is 1.42. The number of amides is 1. The van der Waals surface area contributed by atoms with E-state index in [9.17, 15) is 4.79 Å². The van der Waals surface area contributed by atoms with E-state index in [0.29, 0.717) is 11.8 Å². The van der Waals surface area contributed by atoms with Gasteiger partial charge in [0.25, 0.3) is 0 Å². The number of nitrogens with zero attached hydrogens (tertiary/aromatic N) is 1. The van der Waals surface area contributed by atoms with Crippen molar-refractivity contribution in [2.75, 3.05) is 26.2 Å². The molecule has 4 nitrogen and oxygen atoms in total. The highest BCUT2D eigenvalue weighted by Gasteiger charge is 2.33. The molecule has 1 aromatic heterocycles. The number of hydrogen-bond acceptors (Lipinski definition) is 2. The van der Waals surface area contributed by atoms with Gasteiger partial charge in [0.05, 0.1) is 25.3 Å². The quantitative estimate of drug-likeness (QED) is 0.882. The Morgan fingerprint density at radius 1 is 1.07 bits per heavy atom. The van der Waals surface area contributed by atoms with Gasteiger partial charge in [-0.15, -0.1) is 0 Å². The summed E-state index contributed by atoms with van der Waals surface area (Å²) in [6.07, 6.45) is 7.34. The Balaban J connectivity index is 1.26. The van der Waals surface area contributed by atoms with E-state index >= 15 is 0 Å². The second-order valence-electron chi connectivity index (χ2n) is 8.26. The standard InChI is InChI=1S/C23H30N2O2/c26-23(21-8-4-12-24(17-21)18-22-9-5-15-27-22)25-13-10-20(11-14-25)16-19-6-2-1-3-7-19/h1-3,5-7,9,15,20-21H,4,8,10-14,16-18H2/p+1. The molecule has 2 saturated heterocycles. The highest BCUT2D eigenvalue weighted by atomic mass is 16.3. The van der Waals surface area contributed by atoms with Gasteiger partial charge in [0, 0.05) is 13.1 Å². The van der Waals surface area contributed by atoms with E-state index in [1.807, 2.05) is 12.1 Å². The summed E-state index contributed by atoms with van der Waals surface area (Å²) < 4.78 is 5.49. The van der Waals surface area contributed by atoms with Crippen LogP contribution in [0.25, 0.3) is 0 Å². The van der Waals surface area contributed by atoms with Crippen LogP contribution in [0.1, 0.15) is 37.0 Å². The summed E-state index contributed by atoms with van der Waals surface area (Å²) in [7, 11) is 0. The Morgan fingerprint density at radius 2 is 1.89 bits per heavy atom. The number of carbonyl (C=O) groups excluding carboxylic acids is 1. The van der Waals surface area contributed by atoms with E-state index in [-0.39, 0.29) is 5.92 Å². The van der Waals surface area contributed by atoms with Crippen molar-refractivity contribution in [3.63, 3.8) is 0 Å².